The van der Waals surface area contributed by atoms with Gasteiger partial charge in [0.2, 0.25) is 5.91 Å². The van der Waals surface area contributed by atoms with Gasteiger partial charge in [-0.05, 0) is 33.1 Å². The number of rotatable bonds is 1. The van der Waals surface area contributed by atoms with Crippen LogP contribution in [-0.2, 0) is 9.53 Å². The highest BCUT2D eigenvalue weighted by atomic mass is 16.6. The van der Waals surface area contributed by atoms with Crippen LogP contribution in [0.4, 0.5) is 4.79 Å². The Hall–Kier alpha value is -1.32. The first-order valence-corrected chi connectivity index (χ1v) is 5.50. The maximum atomic E-state index is 11.6. The van der Waals surface area contributed by atoms with Crippen LogP contribution >= 0.6 is 0 Å². The van der Waals surface area contributed by atoms with Gasteiger partial charge in [0.25, 0.3) is 0 Å². The fraction of sp³-hybridized carbons (Fsp3) is 0.667. The molecule has 0 saturated carbocycles. The predicted molar refractivity (Wildman–Crippen MR) is 60.8 cm³/mol. The van der Waals surface area contributed by atoms with Gasteiger partial charge in [-0.1, -0.05) is 19.1 Å². The van der Waals surface area contributed by atoms with Crippen molar-refractivity contribution in [2.45, 2.75) is 39.7 Å². The third-order valence-corrected chi connectivity index (χ3v) is 2.26. The second-order valence-electron chi connectivity index (χ2n) is 5.20. The van der Waals surface area contributed by atoms with Crippen LogP contribution in [0, 0.1) is 11.8 Å². The van der Waals surface area contributed by atoms with Crippen LogP contribution in [-0.4, -0.2) is 17.6 Å². The second kappa shape index (κ2) is 4.68. The molecule has 4 nitrogen and oxygen atoms in total. The topological polar surface area (TPSA) is 55.4 Å². The van der Waals surface area contributed by atoms with Gasteiger partial charge in [-0.2, -0.15) is 0 Å². The lowest BCUT2D eigenvalue weighted by Crippen LogP contribution is -2.38. The second-order valence-corrected chi connectivity index (χ2v) is 5.20. The molecule has 0 saturated heterocycles. The van der Waals surface area contributed by atoms with Crippen molar-refractivity contribution in [3.63, 3.8) is 0 Å². The number of hydrogen-bond donors (Lipinski definition) is 1. The summed E-state index contributed by atoms with van der Waals surface area (Å²) >= 11 is 0. The van der Waals surface area contributed by atoms with Gasteiger partial charge in [0.1, 0.15) is 5.60 Å². The molecule has 0 fully saturated rings. The Balaban J connectivity index is 2.41. The molecule has 0 heterocycles. The molecule has 0 bridgehead atoms. The van der Waals surface area contributed by atoms with Crippen LogP contribution < -0.4 is 5.32 Å². The zero-order valence-electron chi connectivity index (χ0n) is 10.2. The van der Waals surface area contributed by atoms with E-state index in [-0.39, 0.29) is 11.8 Å². The lowest BCUT2D eigenvalue weighted by Gasteiger charge is -2.19. The molecule has 0 aromatic rings. The van der Waals surface area contributed by atoms with E-state index < -0.39 is 11.7 Å². The highest BCUT2D eigenvalue weighted by molar-refractivity contribution is 5.94. The molecule has 90 valence electrons. The minimum atomic E-state index is -0.676. The quantitative estimate of drug-likeness (QED) is 0.696. The number of nitrogens with one attached hydrogen (secondary N) is 1. The SMILES string of the molecule is C[C@H]1C=C[C@@H](C(=O)NC(=O)OC(C)(C)C)C1. The summed E-state index contributed by atoms with van der Waals surface area (Å²) in [5.74, 6) is -0.0910. The average molecular weight is 225 g/mol. The Morgan fingerprint density at radius 1 is 1.31 bits per heavy atom. The molecule has 2 atom stereocenters. The standard InChI is InChI=1S/C12H19NO3/c1-8-5-6-9(7-8)10(14)13-11(15)16-12(2,3)4/h5-6,8-9H,7H2,1-4H3,(H,13,14,15)/t8-,9+/m0/s1. The van der Waals surface area contributed by atoms with E-state index >= 15 is 0 Å². The molecular formula is C12H19NO3. The maximum Gasteiger partial charge on any atom is 0.414 e. The van der Waals surface area contributed by atoms with Crippen molar-refractivity contribution in [3.8, 4) is 0 Å². The van der Waals surface area contributed by atoms with E-state index in [1.54, 1.807) is 20.8 Å². The number of amides is 2. The summed E-state index contributed by atoms with van der Waals surface area (Å²) < 4.78 is 5.00. The van der Waals surface area contributed by atoms with E-state index in [1.807, 2.05) is 19.1 Å². The van der Waals surface area contributed by atoms with Crippen LogP contribution in [0.3, 0.4) is 0 Å². The molecule has 2 amide bonds. The molecule has 0 spiro atoms. The molecule has 1 N–H and O–H groups in total. The number of ether oxygens (including phenoxy) is 1. The Morgan fingerprint density at radius 2 is 1.94 bits per heavy atom. The molecule has 16 heavy (non-hydrogen) atoms. The largest absolute Gasteiger partial charge is 0.444 e. The fourth-order valence-corrected chi connectivity index (χ4v) is 1.57. The first-order chi connectivity index (χ1) is 7.28. The van der Waals surface area contributed by atoms with Crippen molar-refractivity contribution < 1.29 is 14.3 Å². The Labute approximate surface area is 96.0 Å². The van der Waals surface area contributed by atoms with Gasteiger partial charge in [-0.3, -0.25) is 10.1 Å². The maximum absolute atomic E-state index is 11.6. The van der Waals surface area contributed by atoms with Crippen molar-refractivity contribution in [1.82, 2.24) is 5.32 Å². The zero-order chi connectivity index (χ0) is 12.3. The molecule has 0 aromatic carbocycles. The van der Waals surface area contributed by atoms with Crippen molar-refractivity contribution >= 4 is 12.0 Å². The molecule has 1 aliphatic carbocycles. The normalized spacial score (nSPS) is 24.2. The summed E-state index contributed by atoms with van der Waals surface area (Å²) in [5.41, 5.74) is -0.580. The molecule has 1 rings (SSSR count). The number of carbonyl (C=O) groups is 2. The number of carbonyl (C=O) groups excluding carboxylic acids is 2. The molecule has 1 aliphatic rings. The smallest absolute Gasteiger partial charge is 0.414 e. The lowest BCUT2D eigenvalue weighted by atomic mass is 10.0. The van der Waals surface area contributed by atoms with Crippen LogP contribution in [0.5, 0.6) is 0 Å². The monoisotopic (exact) mass is 225 g/mol. The highest BCUT2D eigenvalue weighted by Gasteiger charge is 2.25. The van der Waals surface area contributed by atoms with Crippen LogP contribution in [0.2, 0.25) is 0 Å². The van der Waals surface area contributed by atoms with Gasteiger partial charge in [0, 0.05) is 0 Å². The van der Waals surface area contributed by atoms with Gasteiger partial charge < -0.3 is 4.74 Å². The van der Waals surface area contributed by atoms with Crippen LogP contribution in [0.1, 0.15) is 34.1 Å². The Morgan fingerprint density at radius 3 is 2.38 bits per heavy atom. The Kier molecular flexibility index (Phi) is 3.73. The van der Waals surface area contributed by atoms with Crippen molar-refractivity contribution in [2.24, 2.45) is 11.8 Å². The Bertz CT molecular complexity index is 315. The lowest BCUT2D eigenvalue weighted by molar-refractivity contribution is -0.123. The minimum Gasteiger partial charge on any atom is -0.444 e. The number of alkyl carbamates (subject to hydrolysis) is 1. The van der Waals surface area contributed by atoms with Crippen molar-refractivity contribution in [3.05, 3.63) is 12.2 Å². The fourth-order valence-electron chi connectivity index (χ4n) is 1.57. The van der Waals surface area contributed by atoms with Crippen molar-refractivity contribution in [2.75, 3.05) is 0 Å². The van der Waals surface area contributed by atoms with Gasteiger partial charge >= 0.3 is 6.09 Å². The highest BCUT2D eigenvalue weighted by Crippen LogP contribution is 2.22. The summed E-state index contributed by atoms with van der Waals surface area (Å²) in [6.45, 7) is 7.31. The zero-order valence-corrected chi connectivity index (χ0v) is 10.2. The van der Waals surface area contributed by atoms with Crippen LogP contribution in [0.25, 0.3) is 0 Å². The molecular weight excluding hydrogens is 206 g/mol. The van der Waals surface area contributed by atoms with E-state index in [0.717, 1.165) is 6.42 Å². The summed E-state index contributed by atoms with van der Waals surface area (Å²) in [6, 6.07) is 0. The van der Waals surface area contributed by atoms with E-state index in [9.17, 15) is 9.59 Å². The summed E-state index contributed by atoms with van der Waals surface area (Å²) in [7, 11) is 0. The van der Waals surface area contributed by atoms with E-state index in [2.05, 4.69) is 5.32 Å². The average Bonchev–Trinajstić information content (AvgIpc) is 2.47. The van der Waals surface area contributed by atoms with E-state index in [4.69, 9.17) is 4.74 Å². The number of allylic oxidation sites excluding steroid dienone is 1. The number of imide groups is 1. The van der Waals surface area contributed by atoms with Gasteiger partial charge in [0.05, 0.1) is 5.92 Å². The minimum absolute atomic E-state index is 0.206. The molecule has 0 aliphatic heterocycles. The molecule has 4 heteroatoms. The molecule has 0 aromatic heterocycles. The van der Waals surface area contributed by atoms with Crippen LogP contribution in [0.15, 0.2) is 12.2 Å². The molecule has 0 unspecified atom stereocenters. The first-order valence-electron chi connectivity index (χ1n) is 5.50. The van der Waals surface area contributed by atoms with Gasteiger partial charge in [0.15, 0.2) is 0 Å². The number of hydrogen-bond acceptors (Lipinski definition) is 3. The third-order valence-electron chi connectivity index (χ3n) is 2.26. The van der Waals surface area contributed by atoms with E-state index in [1.165, 1.54) is 0 Å². The summed E-state index contributed by atoms with van der Waals surface area (Å²) in [5, 5.41) is 2.25. The van der Waals surface area contributed by atoms with Gasteiger partial charge in [-0.25, -0.2) is 4.79 Å². The summed E-state index contributed by atoms with van der Waals surface area (Å²) in [4.78, 5) is 23.0. The van der Waals surface area contributed by atoms with Gasteiger partial charge in [-0.15, -0.1) is 0 Å². The molecule has 0 radical (unpaired) electrons. The predicted octanol–water partition coefficient (Wildman–Crippen LogP) is 2.25. The first kappa shape index (κ1) is 12.7. The third kappa shape index (κ3) is 4.04. The van der Waals surface area contributed by atoms with Crippen molar-refractivity contribution in [1.29, 1.82) is 0 Å². The van der Waals surface area contributed by atoms with E-state index in [0.29, 0.717) is 5.92 Å². The summed E-state index contributed by atoms with van der Waals surface area (Å²) in [6.07, 6.45) is 3.91.